The van der Waals surface area contributed by atoms with Gasteiger partial charge in [0.25, 0.3) is 0 Å². The topological polar surface area (TPSA) is 55.4 Å². The number of esters is 1. The van der Waals surface area contributed by atoms with Crippen LogP contribution in [0.4, 0.5) is 0 Å². The number of carbonyl (C=O) groups excluding carboxylic acids is 2. The Kier molecular flexibility index (Phi) is 6.56. The van der Waals surface area contributed by atoms with E-state index in [-0.39, 0.29) is 11.9 Å². The normalized spacial score (nSPS) is 12.2. The highest BCUT2D eigenvalue weighted by Gasteiger charge is 2.20. The lowest BCUT2D eigenvalue weighted by atomic mass is 10.2. The molecule has 1 aromatic rings. The quantitative estimate of drug-likeness (QED) is 0.782. The summed E-state index contributed by atoms with van der Waals surface area (Å²) in [5, 5.41) is 4.65. The lowest BCUT2D eigenvalue weighted by Gasteiger charge is -2.16. The van der Waals surface area contributed by atoms with Crippen LogP contribution in [0.5, 0.6) is 0 Å². The molecular formula is C14H21NO3S. The summed E-state index contributed by atoms with van der Waals surface area (Å²) in [7, 11) is 0. The highest BCUT2D eigenvalue weighted by molar-refractivity contribution is 7.10. The minimum atomic E-state index is -0.550. The number of carbonyl (C=O) groups is 2. The van der Waals surface area contributed by atoms with Crippen molar-refractivity contribution >= 4 is 23.2 Å². The number of hydrogen-bond donors (Lipinski definition) is 1. The third-order valence-electron chi connectivity index (χ3n) is 2.50. The summed E-state index contributed by atoms with van der Waals surface area (Å²) >= 11 is 1.53. The van der Waals surface area contributed by atoms with Crippen LogP contribution in [0, 0.1) is 5.92 Å². The highest BCUT2D eigenvalue weighted by Crippen LogP contribution is 2.09. The van der Waals surface area contributed by atoms with Crippen molar-refractivity contribution in [3.63, 3.8) is 0 Å². The van der Waals surface area contributed by atoms with Gasteiger partial charge < -0.3 is 10.1 Å². The van der Waals surface area contributed by atoms with Crippen molar-refractivity contribution in [1.29, 1.82) is 0 Å². The molecule has 1 N–H and O–H groups in total. The summed E-state index contributed by atoms with van der Waals surface area (Å²) in [6, 6.07) is 3.26. The number of amides is 1. The molecule has 0 saturated carbocycles. The monoisotopic (exact) mass is 283 g/mol. The van der Waals surface area contributed by atoms with Gasteiger partial charge in [0.2, 0.25) is 5.91 Å². The number of rotatable bonds is 7. The van der Waals surface area contributed by atoms with Crippen LogP contribution in [-0.2, 0) is 20.7 Å². The first-order chi connectivity index (χ1) is 9.02. The lowest BCUT2D eigenvalue weighted by Crippen LogP contribution is -2.42. The SMILES string of the molecule is CCC(NC(=O)Cc1cccs1)C(=O)OCC(C)C. The van der Waals surface area contributed by atoms with E-state index in [0.29, 0.717) is 25.4 Å². The van der Waals surface area contributed by atoms with Gasteiger partial charge in [-0.05, 0) is 23.8 Å². The van der Waals surface area contributed by atoms with Crippen molar-refractivity contribution < 1.29 is 14.3 Å². The molecule has 19 heavy (non-hydrogen) atoms. The summed E-state index contributed by atoms with van der Waals surface area (Å²) in [5.41, 5.74) is 0. The first-order valence-corrected chi connectivity index (χ1v) is 7.39. The van der Waals surface area contributed by atoms with Gasteiger partial charge in [0.15, 0.2) is 0 Å². The third-order valence-corrected chi connectivity index (χ3v) is 3.38. The van der Waals surface area contributed by atoms with E-state index in [0.717, 1.165) is 4.88 Å². The molecule has 0 aliphatic heterocycles. The smallest absolute Gasteiger partial charge is 0.328 e. The standard InChI is InChI=1S/C14H21NO3S/c1-4-12(14(17)18-9-10(2)3)15-13(16)8-11-6-5-7-19-11/h5-7,10,12H,4,8-9H2,1-3H3,(H,15,16). The van der Waals surface area contributed by atoms with Crippen molar-refractivity contribution in [2.24, 2.45) is 5.92 Å². The predicted octanol–water partition coefficient (Wildman–Crippen LogP) is 2.38. The maximum atomic E-state index is 11.8. The summed E-state index contributed by atoms with van der Waals surface area (Å²) in [6.07, 6.45) is 0.846. The maximum Gasteiger partial charge on any atom is 0.328 e. The van der Waals surface area contributed by atoms with Gasteiger partial charge in [0.05, 0.1) is 13.0 Å². The average molecular weight is 283 g/mol. The van der Waals surface area contributed by atoms with Crippen LogP contribution < -0.4 is 5.32 Å². The molecule has 1 amide bonds. The van der Waals surface area contributed by atoms with E-state index in [2.05, 4.69) is 5.32 Å². The summed E-state index contributed by atoms with van der Waals surface area (Å²) in [5.74, 6) is -0.199. The van der Waals surface area contributed by atoms with E-state index < -0.39 is 6.04 Å². The molecule has 5 heteroatoms. The second-order valence-electron chi connectivity index (χ2n) is 4.81. The van der Waals surface area contributed by atoms with Crippen LogP contribution in [0.25, 0.3) is 0 Å². The molecule has 1 rings (SSSR count). The molecule has 1 atom stereocenters. The summed E-state index contributed by atoms with van der Waals surface area (Å²) < 4.78 is 5.14. The Labute approximate surface area is 118 Å². The van der Waals surface area contributed by atoms with Crippen LogP contribution in [0.2, 0.25) is 0 Å². The second kappa shape index (κ2) is 7.94. The van der Waals surface area contributed by atoms with Crippen LogP contribution in [-0.4, -0.2) is 24.5 Å². The largest absolute Gasteiger partial charge is 0.464 e. The maximum absolute atomic E-state index is 11.8. The van der Waals surface area contributed by atoms with Gasteiger partial charge in [-0.15, -0.1) is 11.3 Å². The molecule has 4 nitrogen and oxygen atoms in total. The first-order valence-electron chi connectivity index (χ1n) is 6.51. The van der Waals surface area contributed by atoms with Gasteiger partial charge in [-0.25, -0.2) is 4.79 Å². The fourth-order valence-electron chi connectivity index (χ4n) is 1.49. The predicted molar refractivity (Wildman–Crippen MR) is 76.0 cm³/mol. The third kappa shape index (κ3) is 5.87. The Morgan fingerprint density at radius 3 is 2.68 bits per heavy atom. The Bertz CT molecular complexity index is 401. The van der Waals surface area contributed by atoms with Gasteiger partial charge in [-0.3, -0.25) is 4.79 Å². The molecule has 0 fully saturated rings. The molecule has 0 aromatic carbocycles. The highest BCUT2D eigenvalue weighted by atomic mass is 32.1. The van der Waals surface area contributed by atoms with Crippen molar-refractivity contribution in [2.45, 2.75) is 39.7 Å². The van der Waals surface area contributed by atoms with E-state index in [1.165, 1.54) is 11.3 Å². The van der Waals surface area contributed by atoms with E-state index in [4.69, 9.17) is 4.74 Å². The molecule has 1 heterocycles. The van der Waals surface area contributed by atoms with E-state index in [1.54, 1.807) is 0 Å². The van der Waals surface area contributed by atoms with Crippen LogP contribution in [0.1, 0.15) is 32.1 Å². The summed E-state index contributed by atoms with van der Waals surface area (Å²) in [4.78, 5) is 24.6. The molecule has 0 aliphatic rings. The Balaban J connectivity index is 2.42. The lowest BCUT2D eigenvalue weighted by molar-refractivity contribution is -0.148. The minimum absolute atomic E-state index is 0.143. The van der Waals surface area contributed by atoms with Crippen LogP contribution in [0.15, 0.2) is 17.5 Å². The van der Waals surface area contributed by atoms with Gasteiger partial charge in [-0.1, -0.05) is 26.8 Å². The van der Waals surface area contributed by atoms with Crippen molar-refractivity contribution in [3.8, 4) is 0 Å². The molecule has 0 saturated heterocycles. The average Bonchev–Trinajstić information content (AvgIpc) is 2.85. The molecule has 0 spiro atoms. The fraction of sp³-hybridized carbons (Fsp3) is 0.571. The van der Waals surface area contributed by atoms with Crippen LogP contribution in [0.3, 0.4) is 0 Å². The molecule has 0 aliphatic carbocycles. The Morgan fingerprint density at radius 1 is 1.42 bits per heavy atom. The molecular weight excluding hydrogens is 262 g/mol. The first kappa shape index (κ1) is 15.7. The summed E-state index contributed by atoms with van der Waals surface area (Å²) in [6.45, 7) is 6.19. The minimum Gasteiger partial charge on any atom is -0.464 e. The van der Waals surface area contributed by atoms with E-state index in [1.807, 2.05) is 38.3 Å². The van der Waals surface area contributed by atoms with Crippen molar-refractivity contribution in [3.05, 3.63) is 22.4 Å². The van der Waals surface area contributed by atoms with Gasteiger partial charge in [0, 0.05) is 4.88 Å². The van der Waals surface area contributed by atoms with Crippen molar-refractivity contribution in [1.82, 2.24) is 5.32 Å². The van der Waals surface area contributed by atoms with E-state index >= 15 is 0 Å². The zero-order valence-corrected chi connectivity index (χ0v) is 12.5. The van der Waals surface area contributed by atoms with E-state index in [9.17, 15) is 9.59 Å². The molecule has 0 radical (unpaired) electrons. The molecule has 1 aromatic heterocycles. The van der Waals surface area contributed by atoms with Gasteiger partial charge in [-0.2, -0.15) is 0 Å². The molecule has 0 bridgehead atoms. The van der Waals surface area contributed by atoms with Gasteiger partial charge in [0.1, 0.15) is 6.04 Å². The Morgan fingerprint density at radius 2 is 2.16 bits per heavy atom. The number of hydrogen-bond acceptors (Lipinski definition) is 4. The van der Waals surface area contributed by atoms with Crippen molar-refractivity contribution in [2.75, 3.05) is 6.61 Å². The zero-order valence-electron chi connectivity index (χ0n) is 11.6. The van der Waals surface area contributed by atoms with Crippen LogP contribution >= 0.6 is 11.3 Å². The molecule has 106 valence electrons. The van der Waals surface area contributed by atoms with Gasteiger partial charge >= 0.3 is 5.97 Å². The zero-order chi connectivity index (χ0) is 14.3. The number of thiophene rings is 1. The number of nitrogens with one attached hydrogen (secondary N) is 1. The molecule has 1 unspecified atom stereocenters. The Hall–Kier alpha value is -1.36. The fourth-order valence-corrected chi connectivity index (χ4v) is 2.20. The number of ether oxygens (including phenoxy) is 1. The second-order valence-corrected chi connectivity index (χ2v) is 5.84.